The van der Waals surface area contributed by atoms with Crippen molar-refractivity contribution in [3.8, 4) is 0 Å². The molecule has 0 bridgehead atoms. The molecule has 3 heterocycles. The van der Waals surface area contributed by atoms with Gasteiger partial charge in [0.15, 0.2) is 6.29 Å². The van der Waals surface area contributed by atoms with Gasteiger partial charge in [-0.05, 0) is 17.6 Å². The Kier molecular flexibility index (Phi) is 5.48. The zero-order valence-electron chi connectivity index (χ0n) is 16.3. The van der Waals surface area contributed by atoms with Gasteiger partial charge >= 0.3 is 0 Å². The Morgan fingerprint density at radius 1 is 0.862 bits per heavy atom. The molecule has 0 spiro atoms. The summed E-state index contributed by atoms with van der Waals surface area (Å²) in [6, 6.07) is 20.2. The largest absolute Gasteiger partial charge is 0.368 e. The number of hydrogen-bond donors (Lipinski definition) is 0. The summed E-state index contributed by atoms with van der Waals surface area (Å²) in [7, 11) is 0. The first kappa shape index (κ1) is 19.0. The van der Waals surface area contributed by atoms with Crippen LogP contribution in [0.4, 0.5) is 0 Å². The van der Waals surface area contributed by atoms with Crippen molar-refractivity contribution in [1.82, 2.24) is 0 Å². The van der Waals surface area contributed by atoms with Crippen molar-refractivity contribution >= 4 is 0 Å². The van der Waals surface area contributed by atoms with Crippen LogP contribution in [-0.4, -0.2) is 43.7 Å². The third-order valence-electron chi connectivity index (χ3n) is 5.75. The molecule has 3 aliphatic heterocycles. The standard InChI is InChI=1S/C24H26O5/c1-16-12-19-21(25-13-16)23(26-14-17-8-4-2-5-9-17)22-20(28-19)15-27-24(29-22)18-10-6-3-7-11-18/h2-11,19-24H,1,12-15H2/t19-,20-,21+,22-,23-,24-/m1/s1. The molecule has 5 heteroatoms. The van der Waals surface area contributed by atoms with Crippen LogP contribution in [-0.2, 0) is 30.3 Å². The van der Waals surface area contributed by atoms with E-state index in [1.54, 1.807) is 0 Å². The molecule has 2 aromatic carbocycles. The molecule has 0 aliphatic carbocycles. The quantitative estimate of drug-likeness (QED) is 0.739. The highest BCUT2D eigenvalue weighted by molar-refractivity contribution is 5.17. The summed E-state index contributed by atoms with van der Waals surface area (Å²) in [6.07, 6.45) is -0.599. The van der Waals surface area contributed by atoms with Gasteiger partial charge in [0.05, 0.1) is 25.9 Å². The second-order valence-electron chi connectivity index (χ2n) is 7.88. The smallest absolute Gasteiger partial charge is 0.184 e. The minimum absolute atomic E-state index is 0.0845. The maximum atomic E-state index is 6.41. The molecule has 0 aromatic heterocycles. The summed E-state index contributed by atoms with van der Waals surface area (Å²) in [5, 5.41) is 0. The average molecular weight is 394 g/mol. The second kappa shape index (κ2) is 8.38. The Hall–Kier alpha value is -2.02. The first-order chi connectivity index (χ1) is 14.3. The van der Waals surface area contributed by atoms with E-state index >= 15 is 0 Å². The van der Waals surface area contributed by atoms with E-state index in [1.807, 2.05) is 48.5 Å². The Labute approximate surface area is 171 Å². The second-order valence-corrected chi connectivity index (χ2v) is 7.88. The maximum absolute atomic E-state index is 6.41. The Morgan fingerprint density at radius 2 is 1.62 bits per heavy atom. The minimum atomic E-state index is -0.431. The van der Waals surface area contributed by atoms with Gasteiger partial charge in [-0.2, -0.15) is 0 Å². The fraction of sp³-hybridized carbons (Fsp3) is 0.417. The van der Waals surface area contributed by atoms with Gasteiger partial charge in [0.25, 0.3) is 0 Å². The van der Waals surface area contributed by atoms with Gasteiger partial charge in [-0.1, -0.05) is 67.2 Å². The van der Waals surface area contributed by atoms with Crippen LogP contribution in [0.1, 0.15) is 23.8 Å². The topological polar surface area (TPSA) is 46.2 Å². The van der Waals surface area contributed by atoms with Crippen LogP contribution in [0.15, 0.2) is 72.8 Å². The monoisotopic (exact) mass is 394 g/mol. The van der Waals surface area contributed by atoms with E-state index in [9.17, 15) is 0 Å². The van der Waals surface area contributed by atoms with Crippen molar-refractivity contribution in [1.29, 1.82) is 0 Å². The minimum Gasteiger partial charge on any atom is -0.368 e. The number of hydrogen-bond acceptors (Lipinski definition) is 5. The Balaban J connectivity index is 1.37. The number of ether oxygens (including phenoxy) is 5. The lowest BCUT2D eigenvalue weighted by Crippen LogP contribution is -2.64. The molecular weight excluding hydrogens is 368 g/mol. The van der Waals surface area contributed by atoms with Crippen LogP contribution in [0, 0.1) is 0 Å². The molecule has 3 fully saturated rings. The van der Waals surface area contributed by atoms with Crippen LogP contribution < -0.4 is 0 Å². The summed E-state index contributed by atoms with van der Waals surface area (Å²) < 4.78 is 31.2. The van der Waals surface area contributed by atoms with Crippen LogP contribution in [0.3, 0.4) is 0 Å². The van der Waals surface area contributed by atoms with Crippen molar-refractivity contribution in [2.45, 2.75) is 49.8 Å². The zero-order valence-corrected chi connectivity index (χ0v) is 16.3. The van der Waals surface area contributed by atoms with Crippen LogP contribution >= 0.6 is 0 Å². The van der Waals surface area contributed by atoms with Gasteiger partial charge < -0.3 is 23.7 Å². The molecule has 2 aromatic rings. The molecule has 5 nitrogen and oxygen atoms in total. The van der Waals surface area contributed by atoms with E-state index in [2.05, 4.69) is 18.7 Å². The molecule has 6 atom stereocenters. The third kappa shape index (κ3) is 4.02. The molecule has 152 valence electrons. The van der Waals surface area contributed by atoms with Crippen LogP contribution in [0.25, 0.3) is 0 Å². The predicted octanol–water partition coefficient (Wildman–Crippen LogP) is 3.80. The van der Waals surface area contributed by atoms with Crippen LogP contribution in [0.2, 0.25) is 0 Å². The summed E-state index contributed by atoms with van der Waals surface area (Å²) in [4.78, 5) is 0. The van der Waals surface area contributed by atoms with Gasteiger partial charge in [0.1, 0.15) is 24.4 Å². The van der Waals surface area contributed by atoms with E-state index in [4.69, 9.17) is 23.7 Å². The molecule has 5 rings (SSSR count). The van der Waals surface area contributed by atoms with Crippen molar-refractivity contribution in [3.05, 3.63) is 83.9 Å². The highest BCUT2D eigenvalue weighted by atomic mass is 16.7. The third-order valence-corrected chi connectivity index (χ3v) is 5.75. The normalized spacial score (nSPS) is 34.3. The number of fused-ring (bicyclic) bond motifs is 2. The molecule has 3 aliphatic rings. The average Bonchev–Trinajstić information content (AvgIpc) is 2.77. The molecule has 0 saturated carbocycles. The Bertz CT molecular complexity index is 824. The molecule has 0 N–H and O–H groups in total. The van der Waals surface area contributed by atoms with Gasteiger partial charge in [0, 0.05) is 5.56 Å². The Morgan fingerprint density at radius 3 is 2.41 bits per heavy atom. The lowest BCUT2D eigenvalue weighted by molar-refractivity contribution is -0.341. The van der Waals surface area contributed by atoms with Crippen molar-refractivity contribution < 1.29 is 23.7 Å². The molecule has 0 amide bonds. The van der Waals surface area contributed by atoms with Crippen molar-refractivity contribution in [2.75, 3.05) is 13.2 Å². The summed E-state index contributed by atoms with van der Waals surface area (Å²) >= 11 is 0. The summed E-state index contributed by atoms with van der Waals surface area (Å²) in [5.41, 5.74) is 3.16. The zero-order chi connectivity index (χ0) is 19.6. The number of benzene rings is 2. The lowest BCUT2D eigenvalue weighted by atomic mass is 9.89. The maximum Gasteiger partial charge on any atom is 0.184 e. The summed E-state index contributed by atoms with van der Waals surface area (Å²) in [5.74, 6) is 0. The SMILES string of the molecule is C=C1CO[C@@H]2[C@@H](OCc3ccccc3)[C@@H]3O[C@H](c4ccccc4)OC[C@H]3O[C@@H]2C1. The highest BCUT2D eigenvalue weighted by Crippen LogP contribution is 2.39. The van der Waals surface area contributed by atoms with Gasteiger partial charge in [-0.15, -0.1) is 0 Å². The van der Waals surface area contributed by atoms with Crippen molar-refractivity contribution in [2.24, 2.45) is 0 Å². The van der Waals surface area contributed by atoms with Crippen LogP contribution in [0.5, 0.6) is 0 Å². The van der Waals surface area contributed by atoms with E-state index < -0.39 is 6.29 Å². The molecule has 0 unspecified atom stereocenters. The molecule has 0 radical (unpaired) electrons. The van der Waals surface area contributed by atoms with E-state index in [-0.39, 0.29) is 30.5 Å². The van der Waals surface area contributed by atoms with Crippen molar-refractivity contribution in [3.63, 3.8) is 0 Å². The number of rotatable bonds is 4. The first-order valence-corrected chi connectivity index (χ1v) is 10.2. The highest BCUT2D eigenvalue weighted by Gasteiger charge is 2.52. The van der Waals surface area contributed by atoms with E-state index in [1.165, 1.54) is 0 Å². The fourth-order valence-corrected chi connectivity index (χ4v) is 4.32. The lowest BCUT2D eigenvalue weighted by Gasteiger charge is -2.50. The summed E-state index contributed by atoms with van der Waals surface area (Å²) in [6.45, 7) is 5.57. The van der Waals surface area contributed by atoms with Gasteiger partial charge in [-0.25, -0.2) is 0 Å². The fourth-order valence-electron chi connectivity index (χ4n) is 4.32. The van der Waals surface area contributed by atoms with E-state index in [0.717, 1.165) is 23.1 Å². The molecule has 29 heavy (non-hydrogen) atoms. The van der Waals surface area contributed by atoms with Gasteiger partial charge in [0.2, 0.25) is 0 Å². The van der Waals surface area contributed by atoms with Gasteiger partial charge in [-0.3, -0.25) is 0 Å². The predicted molar refractivity (Wildman–Crippen MR) is 107 cm³/mol. The first-order valence-electron chi connectivity index (χ1n) is 10.2. The van der Waals surface area contributed by atoms with E-state index in [0.29, 0.717) is 19.8 Å². The molecule has 3 saturated heterocycles. The molecular formula is C24H26O5.